The molecule has 6 nitrogen and oxygen atoms in total. The number of urea groups is 1. The molecule has 0 unspecified atom stereocenters. The van der Waals surface area contributed by atoms with Crippen molar-refractivity contribution >= 4 is 17.6 Å². The highest BCUT2D eigenvalue weighted by molar-refractivity contribution is 6.04. The average Bonchev–Trinajstić information content (AvgIpc) is 3.03. The predicted octanol–water partition coefficient (Wildman–Crippen LogP) is 6.11. The molecule has 9 heteroatoms. The van der Waals surface area contributed by atoms with E-state index in [2.05, 4.69) is 10.2 Å². The van der Waals surface area contributed by atoms with Crippen LogP contribution in [0.3, 0.4) is 0 Å². The third kappa shape index (κ3) is 5.26. The largest absolute Gasteiger partial charge is 0.454 e. The number of fused-ring (bicyclic) bond motifs is 2. The minimum absolute atomic E-state index is 0.0551. The number of nitrogens with one attached hydrogen (secondary N) is 1. The van der Waals surface area contributed by atoms with E-state index in [1.807, 2.05) is 50.2 Å². The molecule has 2 aliphatic rings. The van der Waals surface area contributed by atoms with Crippen LogP contribution in [0.1, 0.15) is 29.2 Å². The highest BCUT2D eigenvalue weighted by Gasteiger charge is 2.34. The molecular formula is C28H27F3N4O2. The Morgan fingerprint density at radius 2 is 1.86 bits per heavy atom. The Labute approximate surface area is 213 Å². The molecule has 2 heterocycles. The van der Waals surface area contributed by atoms with Crippen molar-refractivity contribution in [2.24, 2.45) is 4.99 Å². The van der Waals surface area contributed by atoms with Crippen LogP contribution in [-0.4, -0.2) is 47.3 Å². The summed E-state index contributed by atoms with van der Waals surface area (Å²) in [5.74, 6) is 1.10. The summed E-state index contributed by atoms with van der Waals surface area (Å²) in [7, 11) is 0. The van der Waals surface area contributed by atoms with Gasteiger partial charge in [0.05, 0.1) is 11.1 Å². The van der Waals surface area contributed by atoms with Crippen LogP contribution < -0.4 is 10.1 Å². The second-order valence-corrected chi connectivity index (χ2v) is 9.35. The molecule has 5 rings (SSSR count). The molecule has 2 amide bonds. The maximum atomic E-state index is 13.3. The molecule has 0 aromatic heterocycles. The van der Waals surface area contributed by atoms with Gasteiger partial charge < -0.3 is 19.9 Å². The summed E-state index contributed by atoms with van der Waals surface area (Å²) in [5.41, 5.74) is 2.40. The van der Waals surface area contributed by atoms with Gasteiger partial charge in [-0.15, -0.1) is 0 Å². The first-order valence-electron chi connectivity index (χ1n) is 12.1. The lowest BCUT2D eigenvalue weighted by molar-refractivity contribution is -0.137. The SMILES string of the molecule is Cc1cccc(CNC(=O)N2CCN(C3=Nc4ccc(C(F)(F)F)cc4Oc4ccccc43)C[C@@H]2C)c1. The van der Waals surface area contributed by atoms with Gasteiger partial charge in [-0.3, -0.25) is 0 Å². The van der Waals surface area contributed by atoms with E-state index in [0.717, 1.165) is 23.3 Å². The monoisotopic (exact) mass is 508 g/mol. The van der Waals surface area contributed by atoms with Crippen molar-refractivity contribution in [3.63, 3.8) is 0 Å². The number of amides is 2. The van der Waals surface area contributed by atoms with Gasteiger partial charge in [-0.1, -0.05) is 42.0 Å². The summed E-state index contributed by atoms with van der Waals surface area (Å²) in [6, 6.07) is 18.3. The van der Waals surface area contributed by atoms with Crippen LogP contribution in [0.15, 0.2) is 71.7 Å². The lowest BCUT2D eigenvalue weighted by Crippen LogP contribution is -2.57. The van der Waals surface area contributed by atoms with E-state index in [1.54, 1.807) is 17.0 Å². The van der Waals surface area contributed by atoms with E-state index in [1.165, 1.54) is 6.07 Å². The van der Waals surface area contributed by atoms with Crippen LogP contribution in [0.25, 0.3) is 0 Å². The number of aliphatic imine (C=N–C) groups is 1. The first-order chi connectivity index (χ1) is 17.7. The number of alkyl halides is 3. The molecule has 192 valence electrons. The van der Waals surface area contributed by atoms with Gasteiger partial charge in [-0.05, 0) is 49.7 Å². The zero-order valence-electron chi connectivity index (χ0n) is 20.5. The molecule has 1 atom stereocenters. The maximum absolute atomic E-state index is 13.3. The molecule has 0 saturated carbocycles. The predicted molar refractivity (Wildman–Crippen MR) is 135 cm³/mol. The first kappa shape index (κ1) is 24.7. The number of ether oxygens (including phenoxy) is 1. The number of hydrogen-bond acceptors (Lipinski definition) is 4. The third-order valence-corrected chi connectivity index (χ3v) is 6.58. The molecule has 3 aromatic carbocycles. The number of para-hydroxylation sites is 1. The Kier molecular flexibility index (Phi) is 6.54. The van der Waals surface area contributed by atoms with E-state index in [0.29, 0.717) is 49.0 Å². The van der Waals surface area contributed by atoms with Gasteiger partial charge in [0.25, 0.3) is 0 Å². The van der Waals surface area contributed by atoms with E-state index >= 15 is 0 Å². The second-order valence-electron chi connectivity index (χ2n) is 9.35. The molecule has 3 aromatic rings. The molecule has 1 saturated heterocycles. The highest BCUT2D eigenvalue weighted by atomic mass is 19.4. The third-order valence-electron chi connectivity index (χ3n) is 6.58. The molecule has 0 aliphatic carbocycles. The summed E-state index contributed by atoms with van der Waals surface area (Å²) in [6.07, 6.45) is -4.48. The fourth-order valence-electron chi connectivity index (χ4n) is 4.69. The lowest BCUT2D eigenvalue weighted by Gasteiger charge is -2.41. The number of rotatable bonds is 2. The molecule has 0 bridgehead atoms. The van der Waals surface area contributed by atoms with Gasteiger partial charge in [-0.2, -0.15) is 13.2 Å². The van der Waals surface area contributed by atoms with Gasteiger partial charge in [0, 0.05) is 32.2 Å². The Balaban J connectivity index is 1.36. The van der Waals surface area contributed by atoms with Gasteiger partial charge >= 0.3 is 12.2 Å². The maximum Gasteiger partial charge on any atom is 0.416 e. The number of nitrogens with zero attached hydrogens (tertiary/aromatic N) is 3. The minimum atomic E-state index is -4.48. The summed E-state index contributed by atoms with van der Waals surface area (Å²) >= 11 is 0. The summed E-state index contributed by atoms with van der Waals surface area (Å²) < 4.78 is 45.8. The Morgan fingerprint density at radius 3 is 2.62 bits per heavy atom. The van der Waals surface area contributed by atoms with E-state index < -0.39 is 11.7 Å². The zero-order valence-corrected chi connectivity index (χ0v) is 20.5. The second kappa shape index (κ2) is 9.80. The van der Waals surface area contributed by atoms with Crippen LogP contribution >= 0.6 is 0 Å². The van der Waals surface area contributed by atoms with Gasteiger partial charge in [0.1, 0.15) is 17.3 Å². The minimum Gasteiger partial charge on any atom is -0.454 e. The van der Waals surface area contributed by atoms with Gasteiger partial charge in [0.2, 0.25) is 0 Å². The van der Waals surface area contributed by atoms with Crippen LogP contribution in [0.2, 0.25) is 0 Å². The van der Waals surface area contributed by atoms with Crippen molar-refractivity contribution in [3.05, 3.63) is 89.0 Å². The van der Waals surface area contributed by atoms with Crippen molar-refractivity contribution in [2.45, 2.75) is 32.6 Å². The molecule has 37 heavy (non-hydrogen) atoms. The standard InChI is InChI=1S/C28H27F3N4O2/c1-18-6-5-7-20(14-18)16-32-27(36)35-13-12-34(17-19(35)2)26-22-8-3-4-9-24(22)37-25-15-21(28(29,30)31)10-11-23(25)33-26/h3-11,14-15,19H,12-13,16-17H2,1-2H3,(H,32,36)/t19-/m0/s1. The molecule has 0 spiro atoms. The number of halogens is 3. The van der Waals surface area contributed by atoms with Crippen LogP contribution in [-0.2, 0) is 12.7 Å². The quantitative estimate of drug-likeness (QED) is 0.454. The normalized spacial score (nSPS) is 17.2. The number of carbonyl (C=O) groups is 1. The van der Waals surface area contributed by atoms with Crippen molar-refractivity contribution in [1.29, 1.82) is 0 Å². The molecule has 1 fully saturated rings. The van der Waals surface area contributed by atoms with Gasteiger partial charge in [-0.25, -0.2) is 9.79 Å². The van der Waals surface area contributed by atoms with Crippen molar-refractivity contribution < 1.29 is 22.7 Å². The Morgan fingerprint density at radius 1 is 1.05 bits per heavy atom. The number of hydrogen-bond donors (Lipinski definition) is 1. The zero-order chi connectivity index (χ0) is 26.2. The van der Waals surface area contributed by atoms with Crippen LogP contribution in [0, 0.1) is 6.92 Å². The van der Waals surface area contributed by atoms with Crippen LogP contribution in [0.5, 0.6) is 11.5 Å². The lowest BCUT2D eigenvalue weighted by atomic mass is 10.1. The first-order valence-corrected chi connectivity index (χ1v) is 12.1. The summed E-state index contributed by atoms with van der Waals surface area (Å²) in [5, 5.41) is 3.00. The number of piperazine rings is 1. The van der Waals surface area contributed by atoms with E-state index in [4.69, 9.17) is 9.73 Å². The topological polar surface area (TPSA) is 57.2 Å². The fraction of sp³-hybridized carbons (Fsp3) is 0.286. The van der Waals surface area contributed by atoms with Crippen molar-refractivity contribution in [2.75, 3.05) is 19.6 Å². The molecule has 2 aliphatic heterocycles. The number of benzene rings is 3. The average molecular weight is 509 g/mol. The highest BCUT2D eigenvalue weighted by Crippen LogP contribution is 2.42. The molecule has 1 N–H and O–H groups in total. The van der Waals surface area contributed by atoms with Crippen molar-refractivity contribution in [1.82, 2.24) is 15.1 Å². The van der Waals surface area contributed by atoms with Gasteiger partial charge in [0.15, 0.2) is 5.75 Å². The summed E-state index contributed by atoms with van der Waals surface area (Å²) in [4.78, 5) is 21.5. The Bertz CT molecular complexity index is 1360. The smallest absolute Gasteiger partial charge is 0.416 e. The van der Waals surface area contributed by atoms with E-state index in [-0.39, 0.29) is 17.8 Å². The molecular weight excluding hydrogens is 481 g/mol. The summed E-state index contributed by atoms with van der Waals surface area (Å²) in [6.45, 7) is 5.94. The Hall–Kier alpha value is -4.01. The van der Waals surface area contributed by atoms with Crippen molar-refractivity contribution in [3.8, 4) is 11.5 Å². The number of aryl methyl sites for hydroxylation is 1. The fourth-order valence-corrected chi connectivity index (χ4v) is 4.69. The number of amidine groups is 1. The van der Waals surface area contributed by atoms with E-state index in [9.17, 15) is 18.0 Å². The molecule has 0 radical (unpaired) electrons. The number of carbonyl (C=O) groups excluding carboxylic acids is 1. The van der Waals surface area contributed by atoms with Crippen LogP contribution in [0.4, 0.5) is 23.7 Å².